The molecular weight excluding hydrogens is 297 g/mol. The SMILES string of the molecule is O=C(Cc1ccc(Cl)c(Cl)c1)N(CCCO)C1CCC1. The van der Waals surface area contributed by atoms with Crippen LogP contribution in [-0.2, 0) is 11.2 Å². The molecule has 1 saturated carbocycles. The first-order chi connectivity index (χ1) is 9.61. The molecule has 0 atom stereocenters. The van der Waals surface area contributed by atoms with Crippen LogP contribution in [0, 0.1) is 0 Å². The van der Waals surface area contributed by atoms with Gasteiger partial charge in [0.25, 0.3) is 0 Å². The van der Waals surface area contributed by atoms with Gasteiger partial charge in [-0.25, -0.2) is 0 Å². The van der Waals surface area contributed by atoms with Gasteiger partial charge < -0.3 is 10.0 Å². The Morgan fingerprint density at radius 3 is 2.60 bits per heavy atom. The smallest absolute Gasteiger partial charge is 0.227 e. The summed E-state index contributed by atoms with van der Waals surface area (Å²) in [6.07, 6.45) is 4.28. The van der Waals surface area contributed by atoms with Crippen LogP contribution in [0.2, 0.25) is 10.0 Å². The van der Waals surface area contributed by atoms with Crippen LogP contribution in [0.5, 0.6) is 0 Å². The number of aliphatic hydroxyl groups is 1. The summed E-state index contributed by atoms with van der Waals surface area (Å²) >= 11 is 11.8. The molecule has 0 spiro atoms. The van der Waals surface area contributed by atoms with E-state index in [1.54, 1.807) is 12.1 Å². The number of aliphatic hydroxyl groups excluding tert-OH is 1. The normalized spacial score (nSPS) is 14.9. The molecule has 20 heavy (non-hydrogen) atoms. The lowest BCUT2D eigenvalue weighted by Crippen LogP contribution is -2.45. The van der Waals surface area contributed by atoms with Crippen LogP contribution < -0.4 is 0 Å². The van der Waals surface area contributed by atoms with Crippen LogP contribution in [0.3, 0.4) is 0 Å². The standard InChI is InChI=1S/C15H19Cl2NO2/c16-13-6-5-11(9-14(13)17)10-15(20)18(7-2-8-19)12-3-1-4-12/h5-6,9,12,19H,1-4,7-8,10H2. The van der Waals surface area contributed by atoms with E-state index in [9.17, 15) is 4.79 Å². The summed E-state index contributed by atoms with van der Waals surface area (Å²) in [5.41, 5.74) is 0.873. The van der Waals surface area contributed by atoms with Gasteiger partial charge in [0.15, 0.2) is 0 Å². The van der Waals surface area contributed by atoms with Crippen LogP contribution in [0.1, 0.15) is 31.2 Å². The Labute approximate surface area is 129 Å². The monoisotopic (exact) mass is 315 g/mol. The average molecular weight is 316 g/mol. The highest BCUT2D eigenvalue weighted by Crippen LogP contribution is 2.27. The number of carbonyl (C=O) groups is 1. The molecule has 3 nitrogen and oxygen atoms in total. The third-order valence-corrected chi connectivity index (χ3v) is 4.47. The summed E-state index contributed by atoms with van der Waals surface area (Å²) in [7, 11) is 0. The van der Waals surface area contributed by atoms with Gasteiger partial charge in [0.1, 0.15) is 0 Å². The van der Waals surface area contributed by atoms with Crippen LogP contribution >= 0.6 is 23.2 Å². The van der Waals surface area contributed by atoms with Gasteiger partial charge in [-0.05, 0) is 43.4 Å². The number of carbonyl (C=O) groups excluding carboxylic acids is 1. The van der Waals surface area contributed by atoms with Crippen molar-refractivity contribution in [3.8, 4) is 0 Å². The van der Waals surface area contributed by atoms with Gasteiger partial charge in [-0.2, -0.15) is 0 Å². The third kappa shape index (κ3) is 3.87. The van der Waals surface area contributed by atoms with Crippen molar-refractivity contribution in [3.05, 3.63) is 33.8 Å². The van der Waals surface area contributed by atoms with Crippen molar-refractivity contribution in [1.82, 2.24) is 4.90 Å². The predicted octanol–water partition coefficient (Wildman–Crippen LogP) is 3.30. The van der Waals surface area contributed by atoms with Crippen molar-refractivity contribution >= 4 is 29.1 Å². The lowest BCUT2D eigenvalue weighted by molar-refractivity contribution is -0.134. The lowest BCUT2D eigenvalue weighted by Gasteiger charge is -2.37. The number of amides is 1. The lowest BCUT2D eigenvalue weighted by atomic mass is 9.91. The van der Waals surface area contributed by atoms with Crippen molar-refractivity contribution in [2.75, 3.05) is 13.2 Å². The zero-order chi connectivity index (χ0) is 14.5. The molecule has 1 aromatic carbocycles. The van der Waals surface area contributed by atoms with Crippen molar-refractivity contribution in [1.29, 1.82) is 0 Å². The molecule has 2 rings (SSSR count). The van der Waals surface area contributed by atoms with Crippen molar-refractivity contribution in [2.24, 2.45) is 0 Å². The van der Waals surface area contributed by atoms with E-state index in [4.69, 9.17) is 28.3 Å². The first-order valence-corrected chi connectivity index (χ1v) is 7.71. The molecule has 0 saturated heterocycles. The summed E-state index contributed by atoms with van der Waals surface area (Å²) in [4.78, 5) is 14.3. The first-order valence-electron chi connectivity index (χ1n) is 6.96. The van der Waals surface area contributed by atoms with Gasteiger partial charge in [-0.1, -0.05) is 29.3 Å². The van der Waals surface area contributed by atoms with Gasteiger partial charge in [0.2, 0.25) is 5.91 Å². The van der Waals surface area contributed by atoms with Gasteiger partial charge >= 0.3 is 0 Å². The summed E-state index contributed by atoms with van der Waals surface area (Å²) < 4.78 is 0. The Hall–Kier alpha value is -0.770. The molecule has 1 amide bonds. The van der Waals surface area contributed by atoms with E-state index in [-0.39, 0.29) is 12.5 Å². The number of nitrogens with zero attached hydrogens (tertiary/aromatic N) is 1. The van der Waals surface area contributed by atoms with Crippen molar-refractivity contribution in [2.45, 2.75) is 38.1 Å². The molecular formula is C15H19Cl2NO2. The maximum Gasteiger partial charge on any atom is 0.227 e. The molecule has 0 unspecified atom stereocenters. The minimum absolute atomic E-state index is 0.0986. The van der Waals surface area contributed by atoms with Crippen LogP contribution in [-0.4, -0.2) is 35.1 Å². The largest absolute Gasteiger partial charge is 0.396 e. The molecule has 1 aliphatic carbocycles. The minimum atomic E-state index is 0.0986. The quantitative estimate of drug-likeness (QED) is 0.875. The zero-order valence-electron chi connectivity index (χ0n) is 11.3. The molecule has 1 fully saturated rings. The Balaban J connectivity index is 2.01. The average Bonchev–Trinajstić information content (AvgIpc) is 2.36. The number of hydrogen-bond donors (Lipinski definition) is 1. The maximum absolute atomic E-state index is 12.4. The van der Waals surface area contributed by atoms with Crippen molar-refractivity contribution < 1.29 is 9.90 Å². The highest BCUT2D eigenvalue weighted by Gasteiger charge is 2.28. The highest BCUT2D eigenvalue weighted by atomic mass is 35.5. The summed E-state index contributed by atoms with van der Waals surface area (Å²) in [6.45, 7) is 0.741. The molecule has 0 radical (unpaired) electrons. The van der Waals surface area contributed by atoms with E-state index < -0.39 is 0 Å². The Kier molecular flexibility index (Phi) is 5.70. The van der Waals surface area contributed by atoms with E-state index >= 15 is 0 Å². The van der Waals surface area contributed by atoms with Crippen molar-refractivity contribution in [3.63, 3.8) is 0 Å². The van der Waals surface area contributed by atoms with Gasteiger partial charge in [0.05, 0.1) is 16.5 Å². The molecule has 0 aromatic heterocycles. The second-order valence-electron chi connectivity index (χ2n) is 5.17. The fraction of sp³-hybridized carbons (Fsp3) is 0.533. The topological polar surface area (TPSA) is 40.5 Å². The van der Waals surface area contributed by atoms with Gasteiger partial charge in [-0.3, -0.25) is 4.79 Å². The molecule has 0 heterocycles. The number of halogens is 2. The van der Waals surface area contributed by atoms with E-state index in [0.717, 1.165) is 18.4 Å². The van der Waals surface area contributed by atoms with E-state index in [2.05, 4.69) is 0 Å². The Morgan fingerprint density at radius 1 is 1.30 bits per heavy atom. The number of rotatable bonds is 6. The van der Waals surface area contributed by atoms with E-state index in [1.165, 1.54) is 6.42 Å². The summed E-state index contributed by atoms with van der Waals surface area (Å²) in [5.74, 6) is 0.0986. The molecule has 5 heteroatoms. The van der Waals surface area contributed by atoms with Crippen LogP contribution in [0.25, 0.3) is 0 Å². The summed E-state index contributed by atoms with van der Waals surface area (Å²) in [6, 6.07) is 5.63. The zero-order valence-corrected chi connectivity index (χ0v) is 12.8. The third-order valence-electron chi connectivity index (χ3n) is 3.73. The number of benzene rings is 1. The predicted molar refractivity (Wildman–Crippen MR) is 81.2 cm³/mol. The molecule has 0 aliphatic heterocycles. The fourth-order valence-electron chi connectivity index (χ4n) is 2.38. The fourth-order valence-corrected chi connectivity index (χ4v) is 2.70. The second-order valence-corrected chi connectivity index (χ2v) is 5.99. The number of hydrogen-bond acceptors (Lipinski definition) is 2. The Morgan fingerprint density at radius 2 is 2.05 bits per heavy atom. The molecule has 1 aromatic rings. The van der Waals surface area contributed by atoms with Crippen LogP contribution in [0.4, 0.5) is 0 Å². The maximum atomic E-state index is 12.4. The Bertz CT molecular complexity index is 475. The first kappa shape index (κ1) is 15.6. The second kappa shape index (κ2) is 7.30. The molecule has 1 N–H and O–H groups in total. The van der Waals surface area contributed by atoms with Gasteiger partial charge in [0, 0.05) is 19.2 Å². The molecule has 110 valence electrons. The summed E-state index contributed by atoms with van der Waals surface area (Å²) in [5, 5.41) is 9.93. The molecule has 1 aliphatic rings. The van der Waals surface area contributed by atoms with Crippen LogP contribution in [0.15, 0.2) is 18.2 Å². The minimum Gasteiger partial charge on any atom is -0.396 e. The highest BCUT2D eigenvalue weighted by molar-refractivity contribution is 6.42. The molecule has 0 bridgehead atoms. The van der Waals surface area contributed by atoms with E-state index in [0.29, 0.717) is 35.5 Å². The van der Waals surface area contributed by atoms with Gasteiger partial charge in [-0.15, -0.1) is 0 Å². The van der Waals surface area contributed by atoms with E-state index in [1.807, 2.05) is 11.0 Å².